The maximum Gasteiger partial charge on any atom is 0.321 e. The molecule has 2 amide bonds. The number of hydrogen-bond donors (Lipinski definition) is 2. The van der Waals surface area contributed by atoms with Crippen LogP contribution in [0.1, 0.15) is 26.7 Å². The number of rotatable bonds is 4. The minimum absolute atomic E-state index is 0.0935. The second kappa shape index (κ2) is 7.43. The molecule has 0 aliphatic carbocycles. The lowest BCUT2D eigenvalue weighted by Gasteiger charge is -2.32. The van der Waals surface area contributed by atoms with Gasteiger partial charge in [-0.25, -0.2) is 26.7 Å². The first-order chi connectivity index (χ1) is 11.2. The Hall–Kier alpha value is -1.74. The van der Waals surface area contributed by atoms with Crippen molar-refractivity contribution in [1.82, 2.24) is 9.62 Å². The highest BCUT2D eigenvalue weighted by atomic mass is 32.2. The molecule has 0 atom stereocenters. The van der Waals surface area contributed by atoms with E-state index < -0.39 is 32.9 Å². The quantitative estimate of drug-likeness (QED) is 0.864. The number of sulfonamides is 1. The molecule has 0 bridgehead atoms. The fourth-order valence-electron chi connectivity index (χ4n) is 2.35. The Morgan fingerprint density at radius 3 is 2.42 bits per heavy atom. The summed E-state index contributed by atoms with van der Waals surface area (Å²) in [5.74, 6) is -1.56. The van der Waals surface area contributed by atoms with Gasteiger partial charge in [0.25, 0.3) is 0 Å². The predicted octanol–water partition coefficient (Wildman–Crippen LogP) is 2.29. The standard InChI is InChI=1S/C15H21F2N3O3S/c1-10(2)24(22,23)19-12-5-7-20(8-6-12)15(21)18-14-4-3-11(16)9-13(14)17/h3-4,9-10,12,19H,5-8H2,1-2H3,(H,18,21). The summed E-state index contributed by atoms with van der Waals surface area (Å²) < 4.78 is 52.7. The van der Waals surface area contributed by atoms with Crippen molar-refractivity contribution in [2.24, 2.45) is 0 Å². The summed E-state index contributed by atoms with van der Waals surface area (Å²) in [4.78, 5) is 13.6. The number of hydrogen-bond acceptors (Lipinski definition) is 3. The Kier molecular flexibility index (Phi) is 5.76. The van der Waals surface area contributed by atoms with Crippen molar-refractivity contribution in [1.29, 1.82) is 0 Å². The van der Waals surface area contributed by atoms with E-state index in [-0.39, 0.29) is 11.7 Å². The van der Waals surface area contributed by atoms with Crippen molar-refractivity contribution in [3.63, 3.8) is 0 Å². The van der Waals surface area contributed by atoms with E-state index in [4.69, 9.17) is 0 Å². The molecule has 24 heavy (non-hydrogen) atoms. The Balaban J connectivity index is 1.89. The Morgan fingerprint density at radius 1 is 1.25 bits per heavy atom. The molecule has 1 saturated heterocycles. The molecule has 0 saturated carbocycles. The summed E-state index contributed by atoms with van der Waals surface area (Å²) in [5, 5.41) is 1.88. The number of anilines is 1. The van der Waals surface area contributed by atoms with Gasteiger partial charge < -0.3 is 10.2 Å². The van der Waals surface area contributed by atoms with Gasteiger partial charge in [0.05, 0.1) is 10.9 Å². The highest BCUT2D eigenvalue weighted by Gasteiger charge is 2.27. The van der Waals surface area contributed by atoms with Crippen LogP contribution in [-0.4, -0.2) is 43.7 Å². The first-order valence-corrected chi connectivity index (χ1v) is 9.26. The number of nitrogens with one attached hydrogen (secondary N) is 2. The average molecular weight is 361 g/mol. The third-order valence-corrected chi connectivity index (χ3v) is 5.81. The molecule has 1 aromatic carbocycles. The van der Waals surface area contributed by atoms with Gasteiger partial charge in [-0.2, -0.15) is 0 Å². The zero-order chi connectivity index (χ0) is 17.9. The van der Waals surface area contributed by atoms with E-state index in [2.05, 4.69) is 10.0 Å². The molecule has 9 heteroatoms. The lowest BCUT2D eigenvalue weighted by Crippen LogP contribution is -2.48. The molecule has 1 heterocycles. The van der Waals surface area contributed by atoms with Gasteiger partial charge in [-0.1, -0.05) is 0 Å². The zero-order valence-corrected chi connectivity index (χ0v) is 14.4. The van der Waals surface area contributed by atoms with Crippen molar-refractivity contribution >= 4 is 21.7 Å². The minimum atomic E-state index is -3.35. The number of piperidine rings is 1. The van der Waals surface area contributed by atoms with Gasteiger partial charge in [0.2, 0.25) is 10.0 Å². The maximum absolute atomic E-state index is 13.6. The molecule has 2 rings (SSSR count). The third-order valence-electron chi connectivity index (χ3n) is 3.91. The summed E-state index contributed by atoms with van der Waals surface area (Å²) in [7, 11) is -3.35. The largest absolute Gasteiger partial charge is 0.324 e. The first kappa shape index (κ1) is 18.6. The molecule has 1 aliphatic rings. The molecule has 1 aliphatic heterocycles. The second-order valence-corrected chi connectivity index (χ2v) is 8.30. The van der Waals surface area contributed by atoms with Crippen molar-refractivity contribution in [3.05, 3.63) is 29.8 Å². The molecule has 0 radical (unpaired) electrons. The molecule has 0 spiro atoms. The third kappa shape index (κ3) is 4.64. The van der Waals surface area contributed by atoms with Gasteiger partial charge in [-0.3, -0.25) is 0 Å². The van der Waals surface area contributed by atoms with E-state index >= 15 is 0 Å². The maximum atomic E-state index is 13.6. The van der Waals surface area contributed by atoms with Crippen molar-refractivity contribution in [2.75, 3.05) is 18.4 Å². The van der Waals surface area contributed by atoms with Crippen LogP contribution in [0.2, 0.25) is 0 Å². The van der Waals surface area contributed by atoms with Gasteiger partial charge >= 0.3 is 6.03 Å². The molecule has 0 unspecified atom stereocenters. The summed E-state index contributed by atoms with van der Waals surface area (Å²) in [6.45, 7) is 3.89. The lowest BCUT2D eigenvalue weighted by atomic mass is 10.1. The van der Waals surface area contributed by atoms with E-state index in [1.165, 1.54) is 4.90 Å². The van der Waals surface area contributed by atoms with Crippen LogP contribution in [0.15, 0.2) is 18.2 Å². The van der Waals surface area contributed by atoms with Gasteiger partial charge in [-0.05, 0) is 38.8 Å². The van der Waals surface area contributed by atoms with Crippen LogP contribution in [0.4, 0.5) is 19.3 Å². The van der Waals surface area contributed by atoms with Crippen LogP contribution in [0, 0.1) is 11.6 Å². The number of amides is 2. The molecular formula is C15H21F2N3O3S. The van der Waals surface area contributed by atoms with Crippen LogP contribution in [0.5, 0.6) is 0 Å². The predicted molar refractivity (Wildman–Crippen MR) is 87.2 cm³/mol. The molecule has 1 aromatic rings. The summed E-state index contributed by atoms with van der Waals surface area (Å²) >= 11 is 0. The van der Waals surface area contributed by atoms with Crippen molar-refractivity contribution < 1.29 is 22.0 Å². The van der Waals surface area contributed by atoms with E-state index in [0.717, 1.165) is 12.1 Å². The van der Waals surface area contributed by atoms with Gasteiger partial charge in [0, 0.05) is 25.2 Å². The van der Waals surface area contributed by atoms with Gasteiger partial charge in [0.1, 0.15) is 11.6 Å². The van der Waals surface area contributed by atoms with Crippen molar-refractivity contribution in [2.45, 2.75) is 38.0 Å². The number of halogens is 2. The highest BCUT2D eigenvalue weighted by molar-refractivity contribution is 7.90. The topological polar surface area (TPSA) is 78.5 Å². The smallest absolute Gasteiger partial charge is 0.321 e. The van der Waals surface area contributed by atoms with Crippen molar-refractivity contribution in [3.8, 4) is 0 Å². The van der Waals surface area contributed by atoms with Crippen LogP contribution < -0.4 is 10.0 Å². The molecule has 134 valence electrons. The number of carbonyl (C=O) groups excluding carboxylic acids is 1. The molecule has 2 N–H and O–H groups in total. The highest BCUT2D eigenvalue weighted by Crippen LogP contribution is 2.18. The van der Waals surface area contributed by atoms with Crippen LogP contribution in [0.3, 0.4) is 0 Å². The number of carbonyl (C=O) groups is 1. The van der Waals surface area contributed by atoms with E-state index in [1.54, 1.807) is 13.8 Å². The summed E-state index contributed by atoms with van der Waals surface area (Å²) in [5.41, 5.74) is -0.0935. The Morgan fingerprint density at radius 2 is 1.88 bits per heavy atom. The van der Waals surface area contributed by atoms with Gasteiger partial charge in [-0.15, -0.1) is 0 Å². The first-order valence-electron chi connectivity index (χ1n) is 7.71. The fourth-order valence-corrected chi connectivity index (χ4v) is 3.33. The van der Waals surface area contributed by atoms with Crippen LogP contribution >= 0.6 is 0 Å². The molecule has 1 fully saturated rings. The van der Waals surface area contributed by atoms with Crippen LogP contribution in [-0.2, 0) is 10.0 Å². The average Bonchev–Trinajstić information content (AvgIpc) is 2.50. The number of benzene rings is 1. The number of urea groups is 1. The zero-order valence-electron chi connectivity index (χ0n) is 13.6. The normalized spacial score (nSPS) is 16.5. The Labute approximate surface area is 140 Å². The number of likely N-dealkylation sites (tertiary alicyclic amines) is 1. The summed E-state index contributed by atoms with van der Waals surface area (Å²) in [6.07, 6.45) is 0.955. The fraction of sp³-hybridized carbons (Fsp3) is 0.533. The molecule has 6 nitrogen and oxygen atoms in total. The summed E-state index contributed by atoms with van der Waals surface area (Å²) in [6, 6.07) is 2.20. The second-order valence-electron chi connectivity index (χ2n) is 6.03. The SMILES string of the molecule is CC(C)S(=O)(=O)NC1CCN(C(=O)Nc2ccc(F)cc2F)CC1. The van der Waals surface area contributed by atoms with Crippen LogP contribution in [0.25, 0.3) is 0 Å². The van der Waals surface area contributed by atoms with E-state index in [1.807, 2.05) is 0 Å². The molecular weight excluding hydrogens is 340 g/mol. The van der Waals surface area contributed by atoms with E-state index in [0.29, 0.717) is 32.0 Å². The van der Waals surface area contributed by atoms with Gasteiger partial charge in [0.15, 0.2) is 0 Å². The monoisotopic (exact) mass is 361 g/mol. The van der Waals surface area contributed by atoms with E-state index in [9.17, 15) is 22.0 Å². The lowest BCUT2D eigenvalue weighted by molar-refractivity contribution is 0.193. The Bertz CT molecular complexity index is 702. The molecule has 0 aromatic heterocycles. The number of nitrogens with zero attached hydrogens (tertiary/aromatic N) is 1. The minimum Gasteiger partial charge on any atom is -0.324 e.